The minimum absolute atomic E-state index is 0.841. The van der Waals surface area contributed by atoms with Gasteiger partial charge in [-0.15, -0.1) is 0 Å². The van der Waals surface area contributed by atoms with E-state index in [2.05, 4.69) is 63.4 Å². The summed E-state index contributed by atoms with van der Waals surface area (Å²) in [6, 6.07) is 30.6. The van der Waals surface area contributed by atoms with Crippen LogP contribution in [0.1, 0.15) is 0 Å². The van der Waals surface area contributed by atoms with Crippen LogP contribution >= 0.6 is 0 Å². The van der Waals surface area contributed by atoms with Gasteiger partial charge in [-0.3, -0.25) is 4.90 Å². The zero-order valence-corrected chi connectivity index (χ0v) is 13.7. The van der Waals surface area contributed by atoms with Gasteiger partial charge in [0, 0.05) is 18.1 Å². The van der Waals surface area contributed by atoms with Gasteiger partial charge in [0.25, 0.3) is 0 Å². The van der Waals surface area contributed by atoms with E-state index in [1.54, 1.807) is 12.4 Å². The molecule has 0 radical (unpaired) electrons. The van der Waals surface area contributed by atoms with Crippen molar-refractivity contribution >= 4 is 17.3 Å². The van der Waals surface area contributed by atoms with Crippen molar-refractivity contribution in [2.24, 2.45) is 0 Å². The Morgan fingerprint density at radius 1 is 0.480 bits per heavy atom. The summed E-state index contributed by atoms with van der Waals surface area (Å²) in [4.78, 5) is 11.0. The lowest BCUT2D eigenvalue weighted by Gasteiger charge is -2.23. The van der Waals surface area contributed by atoms with Crippen molar-refractivity contribution in [3.8, 4) is 11.1 Å². The molecular formula is C22H17N3. The first kappa shape index (κ1) is 15.1. The first-order chi connectivity index (χ1) is 12.4. The minimum Gasteiger partial charge on any atom is -0.279 e. The maximum Gasteiger partial charge on any atom is 0.138 e. The third-order valence-electron chi connectivity index (χ3n) is 3.99. The predicted molar refractivity (Wildman–Crippen MR) is 102 cm³/mol. The summed E-state index contributed by atoms with van der Waals surface area (Å²) in [6.45, 7) is 0. The van der Waals surface area contributed by atoms with E-state index in [1.165, 1.54) is 11.1 Å². The molecular weight excluding hydrogens is 306 g/mol. The van der Waals surface area contributed by atoms with E-state index in [1.807, 2.05) is 42.5 Å². The van der Waals surface area contributed by atoms with Gasteiger partial charge in [-0.05, 0) is 47.5 Å². The normalized spacial score (nSPS) is 10.4. The summed E-state index contributed by atoms with van der Waals surface area (Å²) >= 11 is 0. The second-order valence-corrected chi connectivity index (χ2v) is 5.62. The fraction of sp³-hybridized carbons (Fsp3) is 0. The van der Waals surface area contributed by atoms with Crippen LogP contribution in [0.3, 0.4) is 0 Å². The van der Waals surface area contributed by atoms with E-state index in [0.717, 1.165) is 17.3 Å². The van der Waals surface area contributed by atoms with Crippen LogP contribution in [0.5, 0.6) is 0 Å². The standard InChI is InChI=1S/C22H17N3/c1-2-8-18(9-3-1)19-12-14-20(15-13-19)25(21-10-4-6-16-23-21)22-11-5-7-17-24-22/h1-17H. The van der Waals surface area contributed by atoms with E-state index >= 15 is 0 Å². The molecule has 0 saturated heterocycles. The van der Waals surface area contributed by atoms with Crippen LogP contribution in [0, 0.1) is 0 Å². The molecule has 0 fully saturated rings. The van der Waals surface area contributed by atoms with Gasteiger partial charge in [0.05, 0.1) is 0 Å². The average molecular weight is 323 g/mol. The number of pyridine rings is 2. The zero-order valence-electron chi connectivity index (χ0n) is 13.7. The molecule has 0 spiro atoms. The van der Waals surface area contributed by atoms with Gasteiger partial charge in [0.15, 0.2) is 0 Å². The van der Waals surface area contributed by atoms with Crippen LogP contribution in [-0.2, 0) is 0 Å². The van der Waals surface area contributed by atoms with E-state index in [0.29, 0.717) is 0 Å². The molecule has 0 aliphatic carbocycles. The molecule has 0 saturated carbocycles. The SMILES string of the molecule is c1ccc(-c2ccc(N(c3ccccn3)c3ccccn3)cc2)cc1. The van der Waals surface area contributed by atoms with Crippen molar-refractivity contribution < 1.29 is 0 Å². The smallest absolute Gasteiger partial charge is 0.138 e. The lowest BCUT2D eigenvalue weighted by molar-refractivity contribution is 1.13. The largest absolute Gasteiger partial charge is 0.279 e. The van der Waals surface area contributed by atoms with E-state index < -0.39 is 0 Å². The molecule has 4 rings (SSSR count). The number of anilines is 3. The molecule has 3 heteroatoms. The Kier molecular flexibility index (Phi) is 4.21. The molecule has 0 atom stereocenters. The van der Waals surface area contributed by atoms with Gasteiger partial charge in [0.2, 0.25) is 0 Å². The molecule has 120 valence electrons. The molecule has 2 heterocycles. The molecule has 0 aliphatic heterocycles. The van der Waals surface area contributed by atoms with Crippen LogP contribution in [0.4, 0.5) is 17.3 Å². The Morgan fingerprint density at radius 2 is 1.00 bits per heavy atom. The van der Waals surface area contributed by atoms with Crippen LogP contribution in [0.2, 0.25) is 0 Å². The minimum atomic E-state index is 0.841. The quantitative estimate of drug-likeness (QED) is 0.488. The van der Waals surface area contributed by atoms with Crippen molar-refractivity contribution in [3.63, 3.8) is 0 Å². The fourth-order valence-electron chi connectivity index (χ4n) is 2.79. The highest BCUT2D eigenvalue weighted by Crippen LogP contribution is 2.32. The molecule has 0 bridgehead atoms. The third kappa shape index (κ3) is 3.26. The molecule has 0 aliphatic rings. The van der Waals surface area contributed by atoms with E-state index in [9.17, 15) is 0 Å². The second kappa shape index (κ2) is 6.97. The van der Waals surface area contributed by atoms with Crippen molar-refractivity contribution in [1.29, 1.82) is 0 Å². The van der Waals surface area contributed by atoms with E-state index in [4.69, 9.17) is 0 Å². The summed E-state index contributed by atoms with van der Waals surface area (Å²) in [5.41, 5.74) is 3.42. The van der Waals surface area contributed by atoms with Crippen LogP contribution in [0.15, 0.2) is 103 Å². The maximum atomic E-state index is 4.50. The third-order valence-corrected chi connectivity index (χ3v) is 3.99. The first-order valence-corrected chi connectivity index (χ1v) is 8.19. The number of rotatable bonds is 4. The van der Waals surface area contributed by atoms with Gasteiger partial charge >= 0.3 is 0 Å². The second-order valence-electron chi connectivity index (χ2n) is 5.62. The van der Waals surface area contributed by atoms with Gasteiger partial charge in [0.1, 0.15) is 11.6 Å². The van der Waals surface area contributed by atoms with Crippen LogP contribution < -0.4 is 4.90 Å². The summed E-state index contributed by atoms with van der Waals surface area (Å²) in [5.74, 6) is 1.68. The molecule has 0 unspecified atom stereocenters. The number of nitrogens with zero attached hydrogens (tertiary/aromatic N) is 3. The van der Waals surface area contributed by atoms with E-state index in [-0.39, 0.29) is 0 Å². The number of hydrogen-bond donors (Lipinski definition) is 0. The van der Waals surface area contributed by atoms with Crippen LogP contribution in [0.25, 0.3) is 11.1 Å². The van der Waals surface area contributed by atoms with Crippen LogP contribution in [-0.4, -0.2) is 9.97 Å². The average Bonchev–Trinajstić information content (AvgIpc) is 2.71. The summed E-state index contributed by atoms with van der Waals surface area (Å²) in [7, 11) is 0. The fourth-order valence-corrected chi connectivity index (χ4v) is 2.79. The zero-order chi connectivity index (χ0) is 16.9. The molecule has 2 aromatic carbocycles. The molecule has 4 aromatic rings. The predicted octanol–water partition coefficient (Wildman–Crippen LogP) is 5.61. The number of benzene rings is 2. The van der Waals surface area contributed by atoms with Crippen molar-refractivity contribution in [3.05, 3.63) is 103 Å². The van der Waals surface area contributed by atoms with Crippen molar-refractivity contribution in [1.82, 2.24) is 9.97 Å². The Morgan fingerprint density at radius 3 is 1.52 bits per heavy atom. The molecule has 25 heavy (non-hydrogen) atoms. The van der Waals surface area contributed by atoms with Gasteiger partial charge in [-0.1, -0.05) is 54.6 Å². The Hall–Kier alpha value is -3.46. The highest BCUT2D eigenvalue weighted by Gasteiger charge is 2.14. The first-order valence-electron chi connectivity index (χ1n) is 8.19. The Balaban J connectivity index is 1.75. The Bertz CT molecular complexity index is 882. The molecule has 2 aromatic heterocycles. The lowest BCUT2D eigenvalue weighted by atomic mass is 10.1. The molecule has 0 N–H and O–H groups in total. The van der Waals surface area contributed by atoms with Gasteiger partial charge in [-0.2, -0.15) is 0 Å². The molecule has 0 amide bonds. The monoisotopic (exact) mass is 323 g/mol. The van der Waals surface area contributed by atoms with Gasteiger partial charge in [-0.25, -0.2) is 9.97 Å². The van der Waals surface area contributed by atoms with Crippen molar-refractivity contribution in [2.45, 2.75) is 0 Å². The summed E-state index contributed by atoms with van der Waals surface area (Å²) in [6.07, 6.45) is 3.59. The number of hydrogen-bond acceptors (Lipinski definition) is 3. The topological polar surface area (TPSA) is 29.0 Å². The highest BCUT2D eigenvalue weighted by atomic mass is 15.2. The van der Waals surface area contributed by atoms with Gasteiger partial charge < -0.3 is 0 Å². The highest BCUT2D eigenvalue weighted by molar-refractivity contribution is 5.74. The Labute approximate surface area is 147 Å². The molecule has 3 nitrogen and oxygen atoms in total. The maximum absolute atomic E-state index is 4.50. The van der Waals surface area contributed by atoms with Crippen molar-refractivity contribution in [2.75, 3.05) is 4.90 Å². The summed E-state index contributed by atoms with van der Waals surface area (Å²) in [5, 5.41) is 0. The number of aromatic nitrogens is 2. The summed E-state index contributed by atoms with van der Waals surface area (Å²) < 4.78 is 0. The lowest BCUT2D eigenvalue weighted by Crippen LogP contribution is -2.12.